The molecule has 0 amide bonds. The molecule has 0 aliphatic rings. The Bertz CT molecular complexity index is 508. The van der Waals surface area contributed by atoms with Gasteiger partial charge in [0.2, 0.25) is 0 Å². The minimum absolute atomic E-state index is 0.133. The molecule has 0 bridgehead atoms. The third-order valence-electron chi connectivity index (χ3n) is 2.43. The average molecular weight is 248 g/mol. The van der Waals surface area contributed by atoms with Crippen LogP contribution in [0.15, 0.2) is 52.3 Å². The fourth-order valence-corrected chi connectivity index (χ4v) is 2.28. The van der Waals surface area contributed by atoms with Gasteiger partial charge in [-0.2, -0.15) is 0 Å². The Kier molecular flexibility index (Phi) is 3.82. The number of hydrogen-bond donors (Lipinski definition) is 1. The molecule has 0 unspecified atom stereocenters. The van der Waals surface area contributed by atoms with Crippen molar-refractivity contribution in [1.82, 2.24) is 0 Å². The Balaban J connectivity index is 2.21. The van der Waals surface area contributed by atoms with Gasteiger partial charge in [0.15, 0.2) is 0 Å². The summed E-state index contributed by atoms with van der Waals surface area (Å²) in [5.74, 6) is -0.290. The van der Waals surface area contributed by atoms with Crippen LogP contribution >= 0.6 is 11.8 Å². The van der Waals surface area contributed by atoms with Crippen molar-refractivity contribution < 1.29 is 9.50 Å². The zero-order valence-corrected chi connectivity index (χ0v) is 10.3. The van der Waals surface area contributed by atoms with Gasteiger partial charge in [0, 0.05) is 9.79 Å². The number of aryl methyl sites for hydroxylation is 1. The zero-order valence-electron chi connectivity index (χ0n) is 9.48. The van der Waals surface area contributed by atoms with E-state index in [9.17, 15) is 4.39 Å². The van der Waals surface area contributed by atoms with E-state index in [2.05, 4.69) is 0 Å². The Morgan fingerprint density at radius 2 is 1.82 bits per heavy atom. The molecule has 1 nitrogen and oxygen atoms in total. The second-order valence-corrected chi connectivity index (χ2v) is 4.95. The summed E-state index contributed by atoms with van der Waals surface area (Å²) >= 11 is 1.39. The molecule has 88 valence electrons. The van der Waals surface area contributed by atoms with E-state index in [1.54, 1.807) is 12.1 Å². The van der Waals surface area contributed by atoms with Crippen LogP contribution in [0, 0.1) is 12.7 Å². The van der Waals surface area contributed by atoms with Crippen LogP contribution in [0.2, 0.25) is 0 Å². The summed E-state index contributed by atoms with van der Waals surface area (Å²) in [6.07, 6.45) is 0. The fourth-order valence-electron chi connectivity index (χ4n) is 1.46. The van der Waals surface area contributed by atoms with E-state index in [1.807, 2.05) is 31.2 Å². The molecule has 0 heterocycles. The number of benzene rings is 2. The number of aliphatic hydroxyl groups is 1. The molecule has 0 fully saturated rings. The van der Waals surface area contributed by atoms with Crippen molar-refractivity contribution in [1.29, 1.82) is 0 Å². The van der Waals surface area contributed by atoms with Crippen molar-refractivity contribution in [2.24, 2.45) is 0 Å². The molecular formula is C14H13FOS. The Labute approximate surface area is 104 Å². The maximum atomic E-state index is 13.7. The number of hydrogen-bond acceptors (Lipinski definition) is 2. The van der Waals surface area contributed by atoms with Gasteiger partial charge in [0.25, 0.3) is 0 Å². The molecule has 0 saturated heterocycles. The van der Waals surface area contributed by atoms with E-state index in [-0.39, 0.29) is 12.4 Å². The Morgan fingerprint density at radius 1 is 1.12 bits per heavy atom. The maximum absolute atomic E-state index is 13.7. The summed E-state index contributed by atoms with van der Waals surface area (Å²) in [6.45, 7) is 1.89. The summed E-state index contributed by atoms with van der Waals surface area (Å²) in [4.78, 5) is 1.58. The third-order valence-corrected chi connectivity index (χ3v) is 3.49. The van der Waals surface area contributed by atoms with Crippen molar-refractivity contribution in [3.05, 3.63) is 59.4 Å². The van der Waals surface area contributed by atoms with Crippen LogP contribution in [0.4, 0.5) is 4.39 Å². The lowest BCUT2D eigenvalue weighted by Crippen LogP contribution is -1.87. The largest absolute Gasteiger partial charge is 0.392 e. The van der Waals surface area contributed by atoms with Gasteiger partial charge in [-0.1, -0.05) is 35.5 Å². The topological polar surface area (TPSA) is 20.2 Å². The van der Waals surface area contributed by atoms with E-state index >= 15 is 0 Å². The van der Waals surface area contributed by atoms with Gasteiger partial charge in [-0.3, -0.25) is 0 Å². The van der Waals surface area contributed by atoms with Crippen LogP contribution in [0.1, 0.15) is 11.1 Å². The van der Waals surface area contributed by atoms with Gasteiger partial charge in [-0.25, -0.2) is 4.39 Å². The number of halogens is 1. The summed E-state index contributed by atoms with van der Waals surface area (Å²) < 4.78 is 13.7. The Hall–Kier alpha value is -1.32. The summed E-state index contributed by atoms with van der Waals surface area (Å²) in [6, 6.07) is 12.8. The number of rotatable bonds is 3. The average Bonchev–Trinajstić information content (AvgIpc) is 2.34. The lowest BCUT2D eigenvalue weighted by molar-refractivity contribution is 0.281. The van der Waals surface area contributed by atoms with Crippen molar-refractivity contribution in [3.8, 4) is 0 Å². The molecular weight excluding hydrogens is 235 g/mol. The normalized spacial score (nSPS) is 10.5. The molecule has 0 spiro atoms. The first-order chi connectivity index (χ1) is 8.19. The van der Waals surface area contributed by atoms with Gasteiger partial charge in [-0.05, 0) is 36.8 Å². The molecule has 0 atom stereocenters. The van der Waals surface area contributed by atoms with Gasteiger partial charge in [-0.15, -0.1) is 0 Å². The molecule has 0 aliphatic heterocycles. The zero-order chi connectivity index (χ0) is 12.3. The molecule has 1 N–H and O–H groups in total. The molecule has 3 heteroatoms. The highest BCUT2D eigenvalue weighted by Crippen LogP contribution is 2.30. The lowest BCUT2D eigenvalue weighted by atomic mass is 10.2. The van der Waals surface area contributed by atoms with Crippen molar-refractivity contribution in [3.63, 3.8) is 0 Å². The van der Waals surface area contributed by atoms with Gasteiger partial charge in [0.05, 0.1) is 6.61 Å². The highest BCUT2D eigenvalue weighted by Gasteiger charge is 2.05. The van der Waals surface area contributed by atoms with Crippen LogP contribution in [-0.4, -0.2) is 5.11 Å². The Morgan fingerprint density at radius 3 is 2.41 bits per heavy atom. The van der Waals surface area contributed by atoms with Crippen LogP contribution in [-0.2, 0) is 6.61 Å². The second-order valence-electron chi connectivity index (χ2n) is 3.84. The van der Waals surface area contributed by atoms with Crippen molar-refractivity contribution >= 4 is 11.8 Å². The van der Waals surface area contributed by atoms with Crippen LogP contribution in [0.3, 0.4) is 0 Å². The maximum Gasteiger partial charge on any atom is 0.137 e. The predicted octanol–water partition coefficient (Wildman–Crippen LogP) is 3.78. The van der Waals surface area contributed by atoms with Gasteiger partial charge < -0.3 is 5.11 Å². The number of aliphatic hydroxyl groups excluding tert-OH is 1. The van der Waals surface area contributed by atoms with E-state index in [0.717, 1.165) is 4.90 Å². The highest BCUT2D eigenvalue weighted by atomic mass is 32.2. The molecule has 0 saturated carbocycles. The second kappa shape index (κ2) is 5.34. The first-order valence-electron chi connectivity index (χ1n) is 5.33. The van der Waals surface area contributed by atoms with E-state index < -0.39 is 0 Å². The van der Waals surface area contributed by atoms with E-state index in [4.69, 9.17) is 5.11 Å². The first kappa shape index (κ1) is 12.1. The first-order valence-corrected chi connectivity index (χ1v) is 6.14. The summed E-state index contributed by atoms with van der Waals surface area (Å²) in [7, 11) is 0. The molecule has 2 aromatic carbocycles. The molecule has 2 aromatic rings. The third kappa shape index (κ3) is 3.08. The minimum atomic E-state index is -0.290. The lowest BCUT2D eigenvalue weighted by Gasteiger charge is -2.05. The molecule has 17 heavy (non-hydrogen) atoms. The van der Waals surface area contributed by atoms with E-state index in [1.165, 1.54) is 23.4 Å². The molecule has 0 radical (unpaired) electrons. The van der Waals surface area contributed by atoms with E-state index in [0.29, 0.717) is 10.5 Å². The molecule has 0 aliphatic carbocycles. The van der Waals surface area contributed by atoms with Crippen molar-refractivity contribution in [2.75, 3.05) is 0 Å². The minimum Gasteiger partial charge on any atom is -0.392 e. The van der Waals surface area contributed by atoms with Crippen LogP contribution < -0.4 is 0 Å². The predicted molar refractivity (Wildman–Crippen MR) is 67.6 cm³/mol. The van der Waals surface area contributed by atoms with Gasteiger partial charge in [0.1, 0.15) is 5.82 Å². The monoisotopic (exact) mass is 248 g/mol. The standard InChI is InChI=1S/C14H13FOS/c1-10-2-5-12(6-3-10)17-14-7-4-11(9-16)8-13(14)15/h2-8,16H,9H2,1H3. The summed E-state index contributed by atoms with van der Waals surface area (Å²) in [5, 5.41) is 8.90. The highest BCUT2D eigenvalue weighted by molar-refractivity contribution is 7.99. The quantitative estimate of drug-likeness (QED) is 0.892. The molecule has 2 rings (SSSR count). The smallest absolute Gasteiger partial charge is 0.137 e. The van der Waals surface area contributed by atoms with Crippen LogP contribution in [0.25, 0.3) is 0 Å². The van der Waals surface area contributed by atoms with Gasteiger partial charge >= 0.3 is 0 Å². The van der Waals surface area contributed by atoms with Crippen LogP contribution in [0.5, 0.6) is 0 Å². The SMILES string of the molecule is Cc1ccc(Sc2ccc(CO)cc2F)cc1. The summed E-state index contributed by atoms with van der Waals surface area (Å²) in [5.41, 5.74) is 1.78. The molecule has 0 aromatic heterocycles. The van der Waals surface area contributed by atoms with Crippen molar-refractivity contribution in [2.45, 2.75) is 23.3 Å². The fraction of sp³-hybridized carbons (Fsp3) is 0.143.